The lowest BCUT2D eigenvalue weighted by Gasteiger charge is -2.28. The Morgan fingerprint density at radius 1 is 1.41 bits per heavy atom. The minimum Gasteiger partial charge on any atom is -0.344 e. The first-order chi connectivity index (χ1) is 12.5. The van der Waals surface area contributed by atoms with E-state index < -0.39 is 28.7 Å². The van der Waals surface area contributed by atoms with Crippen molar-refractivity contribution < 1.29 is 22.4 Å². The molecule has 0 bridgehead atoms. The maximum absolute atomic E-state index is 14.1. The van der Waals surface area contributed by atoms with Crippen molar-refractivity contribution in [2.24, 2.45) is 11.8 Å². The molecule has 0 spiro atoms. The Hall–Kier alpha value is -2.16. The Morgan fingerprint density at radius 3 is 2.70 bits per heavy atom. The van der Waals surface area contributed by atoms with Gasteiger partial charge < -0.3 is 10.6 Å². The molecule has 3 rings (SSSR count). The van der Waals surface area contributed by atoms with Crippen LogP contribution in [-0.4, -0.2) is 28.4 Å². The fourth-order valence-electron chi connectivity index (χ4n) is 3.53. The van der Waals surface area contributed by atoms with Crippen LogP contribution in [-0.2, 0) is 16.5 Å². The molecule has 148 valence electrons. The first-order valence-electron chi connectivity index (χ1n) is 8.79. The highest BCUT2D eigenvalue weighted by atomic mass is 19.4. The summed E-state index contributed by atoms with van der Waals surface area (Å²) in [5.74, 6) is -1.49. The molecule has 0 saturated carbocycles. The summed E-state index contributed by atoms with van der Waals surface area (Å²) in [5, 5.41) is 5.98. The number of hydrogen-bond donors (Lipinski definition) is 2. The van der Waals surface area contributed by atoms with Gasteiger partial charge in [0.05, 0.1) is 5.54 Å². The summed E-state index contributed by atoms with van der Waals surface area (Å²) in [4.78, 5) is 16.3. The number of carbonyl (C=O) groups excluding carboxylic acids is 1. The average Bonchev–Trinajstić information content (AvgIpc) is 3.21. The van der Waals surface area contributed by atoms with Crippen LogP contribution in [0.1, 0.15) is 38.7 Å². The Bertz CT molecular complexity index is 853. The Morgan fingerprint density at radius 2 is 2.11 bits per heavy atom. The van der Waals surface area contributed by atoms with Crippen LogP contribution in [0.15, 0.2) is 18.3 Å². The zero-order valence-electron chi connectivity index (χ0n) is 15.3. The fourth-order valence-corrected chi connectivity index (χ4v) is 3.53. The molecule has 2 N–H and O–H groups in total. The number of amides is 1. The molecular formula is C18H22F4N4O. The van der Waals surface area contributed by atoms with Gasteiger partial charge in [-0.15, -0.1) is 0 Å². The number of aromatic nitrogens is 2. The predicted molar refractivity (Wildman–Crippen MR) is 91.5 cm³/mol. The second-order valence-electron chi connectivity index (χ2n) is 7.51. The molecule has 0 aliphatic carbocycles. The number of carbonyl (C=O) groups is 1. The minimum atomic E-state index is -4.81. The second kappa shape index (κ2) is 6.78. The van der Waals surface area contributed by atoms with Crippen molar-refractivity contribution in [3.8, 4) is 0 Å². The van der Waals surface area contributed by atoms with Gasteiger partial charge in [0.2, 0.25) is 5.91 Å². The van der Waals surface area contributed by atoms with E-state index in [2.05, 4.69) is 15.6 Å². The van der Waals surface area contributed by atoms with Gasteiger partial charge in [0.25, 0.3) is 0 Å². The molecule has 9 heteroatoms. The first-order valence-corrected chi connectivity index (χ1v) is 8.79. The van der Waals surface area contributed by atoms with E-state index in [1.54, 1.807) is 20.8 Å². The molecule has 1 aliphatic rings. The van der Waals surface area contributed by atoms with Gasteiger partial charge in [0.1, 0.15) is 17.2 Å². The minimum absolute atomic E-state index is 0.0746. The van der Waals surface area contributed by atoms with Crippen LogP contribution in [0.4, 0.5) is 17.6 Å². The molecule has 1 amide bonds. The molecule has 5 nitrogen and oxygen atoms in total. The highest BCUT2D eigenvalue weighted by molar-refractivity contribution is 5.79. The molecule has 0 radical (unpaired) electrons. The number of fused-ring (bicyclic) bond motifs is 1. The molecule has 2 atom stereocenters. The van der Waals surface area contributed by atoms with Crippen LogP contribution < -0.4 is 10.6 Å². The third kappa shape index (κ3) is 3.65. The van der Waals surface area contributed by atoms with Crippen LogP contribution >= 0.6 is 0 Å². The van der Waals surface area contributed by atoms with E-state index in [1.807, 2.05) is 0 Å². The third-order valence-corrected chi connectivity index (χ3v) is 5.10. The summed E-state index contributed by atoms with van der Waals surface area (Å²) in [5.41, 5.74) is -3.17. The molecule has 2 aromatic heterocycles. The topological polar surface area (TPSA) is 58.4 Å². The predicted octanol–water partition coefficient (Wildman–Crippen LogP) is 3.09. The summed E-state index contributed by atoms with van der Waals surface area (Å²) in [6, 6.07) is 2.26. The van der Waals surface area contributed by atoms with E-state index >= 15 is 0 Å². The quantitative estimate of drug-likeness (QED) is 0.794. The summed E-state index contributed by atoms with van der Waals surface area (Å²) < 4.78 is 55.2. The molecule has 2 aromatic rings. The number of rotatable bonds is 4. The summed E-state index contributed by atoms with van der Waals surface area (Å²) in [6.07, 6.45) is -2.63. The smallest absolute Gasteiger partial charge is 0.344 e. The second-order valence-corrected chi connectivity index (χ2v) is 7.51. The largest absolute Gasteiger partial charge is 0.435 e. The lowest BCUT2D eigenvalue weighted by atomic mass is 9.91. The van der Waals surface area contributed by atoms with E-state index in [0.717, 1.165) is 30.0 Å². The van der Waals surface area contributed by atoms with Crippen LogP contribution in [0.3, 0.4) is 0 Å². The van der Waals surface area contributed by atoms with Crippen molar-refractivity contribution in [3.63, 3.8) is 0 Å². The summed E-state index contributed by atoms with van der Waals surface area (Å²) in [6.45, 7) is 6.48. The van der Waals surface area contributed by atoms with Crippen molar-refractivity contribution in [2.75, 3.05) is 13.1 Å². The molecule has 1 aliphatic heterocycles. The molecule has 1 fully saturated rings. The maximum atomic E-state index is 14.1. The van der Waals surface area contributed by atoms with Gasteiger partial charge in [-0.25, -0.2) is 9.37 Å². The number of hydrogen-bond acceptors (Lipinski definition) is 3. The summed E-state index contributed by atoms with van der Waals surface area (Å²) in [7, 11) is 0. The van der Waals surface area contributed by atoms with E-state index in [-0.39, 0.29) is 23.6 Å². The number of nitrogens with zero attached hydrogens (tertiary/aromatic N) is 2. The molecule has 3 heterocycles. The van der Waals surface area contributed by atoms with E-state index in [0.29, 0.717) is 0 Å². The number of halogens is 4. The van der Waals surface area contributed by atoms with E-state index in [1.165, 1.54) is 12.3 Å². The monoisotopic (exact) mass is 386 g/mol. The number of nitrogens with one attached hydrogen (secondary N) is 2. The van der Waals surface area contributed by atoms with Gasteiger partial charge >= 0.3 is 6.18 Å². The third-order valence-electron chi connectivity index (χ3n) is 5.10. The van der Waals surface area contributed by atoms with Crippen molar-refractivity contribution in [2.45, 2.75) is 38.9 Å². The summed E-state index contributed by atoms with van der Waals surface area (Å²) >= 11 is 0. The van der Waals surface area contributed by atoms with Crippen LogP contribution in [0.25, 0.3) is 5.52 Å². The van der Waals surface area contributed by atoms with Gasteiger partial charge in [-0.1, -0.05) is 6.92 Å². The van der Waals surface area contributed by atoms with Crippen molar-refractivity contribution in [3.05, 3.63) is 35.7 Å². The van der Waals surface area contributed by atoms with Crippen molar-refractivity contribution >= 4 is 11.4 Å². The molecule has 0 aromatic carbocycles. The molecule has 27 heavy (non-hydrogen) atoms. The van der Waals surface area contributed by atoms with Gasteiger partial charge in [0.15, 0.2) is 5.69 Å². The lowest BCUT2D eigenvalue weighted by Crippen LogP contribution is -2.46. The Kier molecular flexibility index (Phi) is 4.92. The van der Waals surface area contributed by atoms with Gasteiger partial charge in [-0.2, -0.15) is 13.2 Å². The number of pyridine rings is 1. The van der Waals surface area contributed by atoms with Gasteiger partial charge in [-0.3, -0.25) is 9.20 Å². The van der Waals surface area contributed by atoms with Gasteiger partial charge in [-0.05, 0) is 51.4 Å². The highest BCUT2D eigenvalue weighted by Crippen LogP contribution is 2.35. The first kappa shape index (κ1) is 19.6. The van der Waals surface area contributed by atoms with Crippen LogP contribution in [0.5, 0.6) is 0 Å². The number of imidazole rings is 1. The maximum Gasteiger partial charge on any atom is 0.435 e. The number of alkyl halides is 3. The van der Waals surface area contributed by atoms with Crippen LogP contribution in [0, 0.1) is 17.7 Å². The van der Waals surface area contributed by atoms with E-state index in [4.69, 9.17) is 0 Å². The fraction of sp³-hybridized carbons (Fsp3) is 0.556. The Labute approximate surface area is 154 Å². The molecular weight excluding hydrogens is 364 g/mol. The normalized spacial score (nSPS) is 19.4. The molecule has 1 saturated heterocycles. The highest BCUT2D eigenvalue weighted by Gasteiger charge is 2.41. The SMILES string of the molecule is C[C@@H](C(=O)NC(C)(C)c1nc(C(F)(F)F)c2c(F)cccn12)[C@H]1CCNC1. The Balaban J connectivity index is 1.98. The van der Waals surface area contributed by atoms with Gasteiger partial charge in [0, 0.05) is 12.1 Å². The molecule has 0 unspecified atom stereocenters. The van der Waals surface area contributed by atoms with Crippen molar-refractivity contribution in [1.82, 2.24) is 20.0 Å². The van der Waals surface area contributed by atoms with Crippen LogP contribution in [0.2, 0.25) is 0 Å². The average molecular weight is 386 g/mol. The van der Waals surface area contributed by atoms with Crippen molar-refractivity contribution in [1.29, 1.82) is 0 Å². The lowest BCUT2D eigenvalue weighted by molar-refractivity contribution is -0.139. The zero-order valence-corrected chi connectivity index (χ0v) is 15.3. The zero-order chi connectivity index (χ0) is 20.0. The van der Waals surface area contributed by atoms with E-state index in [9.17, 15) is 22.4 Å². The standard InChI is InChI=1S/C18H22F4N4O/c1-10(11-6-7-23-9-11)15(27)25-17(2,3)16-24-14(18(20,21)22)13-12(19)5-4-8-26(13)16/h4-5,8,10-11,23H,6-7,9H2,1-3H3,(H,25,27)/t10-,11+/m1/s1.